The minimum Gasteiger partial charge on any atom is -0.485 e. The number of ether oxygens (including phenoxy) is 3. The molecule has 0 radical (unpaired) electrons. The Morgan fingerprint density at radius 1 is 1.35 bits per heavy atom. The summed E-state index contributed by atoms with van der Waals surface area (Å²) in [6.07, 6.45) is -0.435. The van der Waals surface area contributed by atoms with Crippen LogP contribution in [0.4, 0.5) is 0 Å². The smallest absolute Gasteiger partial charge is 0.347 e. The van der Waals surface area contributed by atoms with E-state index in [2.05, 4.69) is 10.1 Å². The molecule has 0 spiro atoms. The van der Waals surface area contributed by atoms with Crippen LogP contribution in [0.5, 0.6) is 5.75 Å². The van der Waals surface area contributed by atoms with E-state index in [0.717, 1.165) is 0 Å². The van der Waals surface area contributed by atoms with Gasteiger partial charge in [-0.2, -0.15) is 4.98 Å². The minimum absolute atomic E-state index is 0.162. The second-order valence-electron chi connectivity index (χ2n) is 4.89. The second-order valence-corrected chi connectivity index (χ2v) is 4.89. The highest BCUT2D eigenvalue weighted by atomic mass is 16.6. The van der Waals surface area contributed by atoms with Crippen molar-refractivity contribution < 1.29 is 28.3 Å². The third kappa shape index (κ3) is 3.65. The van der Waals surface area contributed by atoms with Gasteiger partial charge in [-0.1, -0.05) is 5.16 Å². The predicted molar refractivity (Wildman–Crippen MR) is 74.6 cm³/mol. The Morgan fingerprint density at radius 2 is 2.13 bits per heavy atom. The van der Waals surface area contributed by atoms with Gasteiger partial charge in [0.15, 0.2) is 6.61 Å². The van der Waals surface area contributed by atoms with Crippen molar-refractivity contribution >= 4 is 11.9 Å². The molecule has 23 heavy (non-hydrogen) atoms. The number of hydrogen-bond donors (Lipinski definition) is 0. The zero-order valence-electron chi connectivity index (χ0n) is 12.4. The summed E-state index contributed by atoms with van der Waals surface area (Å²) in [5.74, 6) is 0.366. The lowest BCUT2D eigenvalue weighted by Crippen LogP contribution is -2.22. The summed E-state index contributed by atoms with van der Waals surface area (Å²) in [4.78, 5) is 27.2. The second kappa shape index (κ2) is 6.47. The lowest BCUT2D eigenvalue weighted by atomic mass is 10.2. The quantitative estimate of drug-likeness (QED) is 0.763. The Hall–Kier alpha value is -2.90. The molecular weight excluding hydrogens is 304 g/mol. The van der Waals surface area contributed by atoms with Crippen molar-refractivity contribution in [1.29, 1.82) is 0 Å². The zero-order valence-corrected chi connectivity index (χ0v) is 12.4. The molecule has 120 valence electrons. The molecule has 1 fully saturated rings. The summed E-state index contributed by atoms with van der Waals surface area (Å²) in [6, 6.07) is 6.35. The maximum atomic E-state index is 11.9. The molecule has 1 aliphatic rings. The van der Waals surface area contributed by atoms with Gasteiger partial charge in [-0.25, -0.2) is 9.59 Å². The van der Waals surface area contributed by atoms with E-state index in [1.807, 2.05) is 0 Å². The molecule has 1 aromatic carbocycles. The number of cyclic esters (lactones) is 1. The maximum absolute atomic E-state index is 11.9. The van der Waals surface area contributed by atoms with Gasteiger partial charge >= 0.3 is 11.9 Å². The fourth-order valence-corrected chi connectivity index (χ4v) is 2.02. The summed E-state index contributed by atoms with van der Waals surface area (Å²) >= 11 is 0. The number of carbonyl (C=O) groups is 2. The van der Waals surface area contributed by atoms with Crippen LogP contribution in [-0.2, 0) is 20.9 Å². The van der Waals surface area contributed by atoms with Gasteiger partial charge in [-0.05, 0) is 24.3 Å². The topological polar surface area (TPSA) is 101 Å². The van der Waals surface area contributed by atoms with Crippen molar-refractivity contribution in [3.63, 3.8) is 0 Å². The molecule has 0 saturated carbocycles. The largest absolute Gasteiger partial charge is 0.485 e. The van der Waals surface area contributed by atoms with Gasteiger partial charge < -0.3 is 18.7 Å². The molecule has 0 N–H and O–H groups in total. The Morgan fingerprint density at radius 3 is 2.74 bits per heavy atom. The minimum atomic E-state index is -0.820. The van der Waals surface area contributed by atoms with E-state index in [1.165, 1.54) is 0 Å². The Kier molecular flexibility index (Phi) is 4.22. The van der Waals surface area contributed by atoms with Crippen molar-refractivity contribution in [1.82, 2.24) is 10.1 Å². The number of benzene rings is 1. The van der Waals surface area contributed by atoms with Crippen molar-refractivity contribution in [2.24, 2.45) is 0 Å². The van der Waals surface area contributed by atoms with Crippen LogP contribution in [0.2, 0.25) is 0 Å². The van der Waals surface area contributed by atoms with Gasteiger partial charge in [0.05, 0.1) is 12.2 Å². The summed E-state index contributed by atoms with van der Waals surface area (Å²) in [7, 11) is 0. The Labute approximate surface area is 131 Å². The fourth-order valence-electron chi connectivity index (χ4n) is 2.02. The van der Waals surface area contributed by atoms with E-state index in [1.54, 1.807) is 31.2 Å². The molecule has 0 amide bonds. The first-order valence-corrected chi connectivity index (χ1v) is 7.01. The van der Waals surface area contributed by atoms with Crippen LogP contribution >= 0.6 is 0 Å². The molecule has 8 nitrogen and oxygen atoms in total. The van der Waals surface area contributed by atoms with E-state index in [9.17, 15) is 9.59 Å². The number of carbonyl (C=O) groups excluding carboxylic acids is 2. The molecule has 2 aromatic rings. The standard InChI is InChI=1S/C15H14N2O6/c1-9-16-13(17-23-9)8-21-11-4-2-10(3-5-11)14(18)22-12-6-7-20-15(12)19/h2-5,12H,6-8H2,1H3/t12-/m1/s1. The monoisotopic (exact) mass is 318 g/mol. The summed E-state index contributed by atoms with van der Waals surface area (Å²) < 4.78 is 20.2. The Balaban J connectivity index is 1.55. The molecule has 0 aliphatic carbocycles. The van der Waals surface area contributed by atoms with Gasteiger partial charge in [0.2, 0.25) is 17.8 Å². The molecular formula is C15H14N2O6. The lowest BCUT2D eigenvalue weighted by molar-refractivity contribution is -0.145. The number of nitrogens with zero attached hydrogens (tertiary/aromatic N) is 2. The average molecular weight is 318 g/mol. The van der Waals surface area contributed by atoms with E-state index in [0.29, 0.717) is 29.4 Å². The molecule has 8 heteroatoms. The van der Waals surface area contributed by atoms with E-state index in [4.69, 9.17) is 18.7 Å². The average Bonchev–Trinajstić information content (AvgIpc) is 3.14. The zero-order chi connectivity index (χ0) is 16.2. The van der Waals surface area contributed by atoms with E-state index < -0.39 is 18.0 Å². The maximum Gasteiger partial charge on any atom is 0.347 e. The predicted octanol–water partition coefficient (Wildman–Crippen LogP) is 1.43. The highest BCUT2D eigenvalue weighted by Gasteiger charge is 2.30. The number of aromatic nitrogens is 2. The summed E-state index contributed by atoms with van der Waals surface area (Å²) in [5, 5.41) is 3.71. The molecule has 2 heterocycles. The van der Waals surface area contributed by atoms with Gasteiger partial charge in [-0.3, -0.25) is 0 Å². The van der Waals surface area contributed by atoms with Gasteiger partial charge in [0.1, 0.15) is 5.75 Å². The van der Waals surface area contributed by atoms with Crippen LogP contribution in [0, 0.1) is 6.92 Å². The van der Waals surface area contributed by atoms with Crippen LogP contribution < -0.4 is 4.74 Å². The molecule has 1 saturated heterocycles. The number of aryl methyl sites for hydroxylation is 1. The van der Waals surface area contributed by atoms with E-state index >= 15 is 0 Å². The van der Waals surface area contributed by atoms with Crippen LogP contribution in [-0.4, -0.2) is 34.8 Å². The fraction of sp³-hybridized carbons (Fsp3) is 0.333. The third-order valence-electron chi connectivity index (χ3n) is 3.16. The van der Waals surface area contributed by atoms with Crippen molar-refractivity contribution in [3.8, 4) is 5.75 Å². The van der Waals surface area contributed by atoms with Crippen molar-refractivity contribution in [3.05, 3.63) is 41.5 Å². The normalized spacial score (nSPS) is 16.9. The summed E-state index contributed by atoms with van der Waals surface area (Å²) in [5.41, 5.74) is 0.326. The molecule has 1 aliphatic heterocycles. The first-order chi connectivity index (χ1) is 11.1. The molecule has 3 rings (SSSR count). The number of hydrogen-bond acceptors (Lipinski definition) is 8. The van der Waals surface area contributed by atoms with Crippen molar-refractivity contribution in [2.45, 2.75) is 26.1 Å². The molecule has 0 bridgehead atoms. The molecule has 1 atom stereocenters. The van der Waals surface area contributed by atoms with Crippen molar-refractivity contribution in [2.75, 3.05) is 6.61 Å². The molecule has 1 aromatic heterocycles. The van der Waals surface area contributed by atoms with Crippen LogP contribution in [0.1, 0.15) is 28.5 Å². The number of rotatable bonds is 5. The SMILES string of the molecule is Cc1nc(COc2ccc(C(=O)O[C@@H]3CCOC3=O)cc2)no1. The first kappa shape index (κ1) is 15.0. The first-order valence-electron chi connectivity index (χ1n) is 7.01. The molecule has 0 unspecified atom stereocenters. The van der Waals surface area contributed by atoms with Gasteiger partial charge in [-0.15, -0.1) is 0 Å². The number of esters is 2. The Bertz CT molecular complexity index is 709. The van der Waals surface area contributed by atoms with Crippen LogP contribution in [0.25, 0.3) is 0 Å². The third-order valence-corrected chi connectivity index (χ3v) is 3.16. The van der Waals surface area contributed by atoms with Crippen LogP contribution in [0.15, 0.2) is 28.8 Å². The highest BCUT2D eigenvalue weighted by Crippen LogP contribution is 2.17. The van der Waals surface area contributed by atoms with Gasteiger partial charge in [0, 0.05) is 13.3 Å². The highest BCUT2D eigenvalue weighted by molar-refractivity contribution is 5.91. The van der Waals surface area contributed by atoms with Crippen LogP contribution in [0.3, 0.4) is 0 Å². The summed E-state index contributed by atoms with van der Waals surface area (Å²) in [6.45, 7) is 2.13. The van der Waals surface area contributed by atoms with E-state index in [-0.39, 0.29) is 13.2 Å². The van der Waals surface area contributed by atoms with Gasteiger partial charge in [0.25, 0.3) is 0 Å². The lowest BCUT2D eigenvalue weighted by Gasteiger charge is -2.09.